The number of aromatic hydroxyl groups is 1. The molecule has 15 heteroatoms. The van der Waals surface area contributed by atoms with Crippen molar-refractivity contribution in [3.63, 3.8) is 0 Å². The van der Waals surface area contributed by atoms with E-state index in [0.29, 0.717) is 13.0 Å². The lowest BCUT2D eigenvalue weighted by atomic mass is 10.1. The zero-order chi connectivity index (χ0) is 28.1. The number of nitrogens with one attached hydrogen (secondary N) is 2. The third-order valence-corrected chi connectivity index (χ3v) is 8.68. The van der Waals surface area contributed by atoms with Crippen LogP contribution in [0.2, 0.25) is 0 Å². The van der Waals surface area contributed by atoms with Gasteiger partial charge < -0.3 is 15.0 Å². The Morgan fingerprint density at radius 2 is 1.95 bits per heavy atom. The van der Waals surface area contributed by atoms with Gasteiger partial charge in [-0.1, -0.05) is 13.8 Å². The molecule has 0 bridgehead atoms. The molecule has 0 spiro atoms. The monoisotopic (exact) mass is 571 g/mol. The fraction of sp³-hybridized carbons (Fsp3) is 0.250. The Balaban J connectivity index is 1.58. The van der Waals surface area contributed by atoms with Crippen molar-refractivity contribution in [2.45, 2.75) is 36.7 Å². The van der Waals surface area contributed by atoms with Crippen LogP contribution in [0.5, 0.6) is 5.75 Å². The Labute approximate surface area is 224 Å². The van der Waals surface area contributed by atoms with E-state index in [1.165, 1.54) is 40.0 Å². The lowest BCUT2D eigenvalue weighted by Gasteiger charge is -2.21. The maximum absolute atomic E-state index is 13.5. The molecule has 13 nitrogen and oxygen atoms in total. The molecule has 1 aliphatic heterocycles. The first-order valence-electron chi connectivity index (χ1n) is 11.8. The summed E-state index contributed by atoms with van der Waals surface area (Å²) in [5.41, 5.74) is -0.662. The van der Waals surface area contributed by atoms with Crippen molar-refractivity contribution < 1.29 is 21.9 Å². The van der Waals surface area contributed by atoms with Crippen molar-refractivity contribution in [3.8, 4) is 5.75 Å². The number of imidazole rings is 1. The summed E-state index contributed by atoms with van der Waals surface area (Å²) in [6.07, 6.45) is 4.77. The molecule has 3 N–H and O–H groups in total. The molecule has 0 unspecified atom stereocenters. The van der Waals surface area contributed by atoms with Crippen LogP contribution >= 0.6 is 0 Å². The van der Waals surface area contributed by atoms with Crippen molar-refractivity contribution in [2.75, 3.05) is 10.0 Å². The number of hydrogen-bond acceptors (Lipinski definition) is 9. The second-order valence-electron chi connectivity index (χ2n) is 9.47. The Hall–Kier alpha value is -4.24. The Morgan fingerprint density at radius 1 is 1.18 bits per heavy atom. The number of amidine groups is 1. The van der Waals surface area contributed by atoms with E-state index in [1.807, 2.05) is 13.8 Å². The second-order valence-corrected chi connectivity index (χ2v) is 12.7. The van der Waals surface area contributed by atoms with Crippen molar-refractivity contribution in [3.05, 3.63) is 65.0 Å². The molecule has 0 fully saturated rings. The van der Waals surface area contributed by atoms with Gasteiger partial charge in [0.05, 0.1) is 23.1 Å². The van der Waals surface area contributed by atoms with Crippen LogP contribution in [0.1, 0.15) is 25.8 Å². The highest BCUT2D eigenvalue weighted by atomic mass is 32.2. The van der Waals surface area contributed by atoms with Gasteiger partial charge in [-0.3, -0.25) is 14.1 Å². The van der Waals surface area contributed by atoms with E-state index in [-0.39, 0.29) is 49.6 Å². The number of benzene rings is 1. The molecule has 3 aromatic heterocycles. The molecular formula is C24H25N7O6S2. The van der Waals surface area contributed by atoms with E-state index in [9.17, 15) is 26.7 Å². The molecule has 204 valence electrons. The van der Waals surface area contributed by atoms with E-state index in [1.54, 1.807) is 19.2 Å². The Bertz CT molecular complexity index is 1930. The summed E-state index contributed by atoms with van der Waals surface area (Å²) in [5.74, 6) is -0.529. The van der Waals surface area contributed by atoms with Crippen molar-refractivity contribution >= 4 is 48.3 Å². The third-order valence-electron chi connectivity index (χ3n) is 6.09. The van der Waals surface area contributed by atoms with Crippen LogP contribution in [0, 0.1) is 5.92 Å². The summed E-state index contributed by atoms with van der Waals surface area (Å²) in [4.78, 5) is 21.3. The van der Waals surface area contributed by atoms with Gasteiger partial charge in [0.2, 0.25) is 0 Å². The molecule has 4 aromatic rings. The Kier molecular flexibility index (Phi) is 6.42. The van der Waals surface area contributed by atoms with Crippen molar-refractivity contribution in [2.24, 2.45) is 17.4 Å². The van der Waals surface area contributed by atoms with Gasteiger partial charge in [-0.05, 0) is 42.7 Å². The van der Waals surface area contributed by atoms with E-state index in [0.717, 1.165) is 6.07 Å². The fourth-order valence-corrected chi connectivity index (χ4v) is 6.32. The molecule has 0 amide bonds. The number of fused-ring (bicyclic) bond motifs is 2. The summed E-state index contributed by atoms with van der Waals surface area (Å²) in [6.45, 7) is 4.31. The van der Waals surface area contributed by atoms with Gasteiger partial charge in [0.1, 0.15) is 21.9 Å². The van der Waals surface area contributed by atoms with E-state index < -0.39 is 31.4 Å². The summed E-state index contributed by atoms with van der Waals surface area (Å²) >= 11 is 0. The maximum Gasteiger partial charge on any atom is 0.286 e. The quantitative estimate of drug-likeness (QED) is 0.300. The highest BCUT2D eigenvalue weighted by Gasteiger charge is 2.31. The lowest BCUT2D eigenvalue weighted by molar-refractivity contribution is 0.473. The SMILES string of the molecule is CC(C)CCn1c(=O)c(C2=NS(=O)(=O)c3cc(NS(=O)(=O)c4cn(C)cn4)ccc3N2)c(O)c2cccnc21. The topological polar surface area (TPSA) is 178 Å². The first-order chi connectivity index (χ1) is 18.4. The molecule has 1 aromatic carbocycles. The predicted molar refractivity (Wildman–Crippen MR) is 145 cm³/mol. The van der Waals surface area contributed by atoms with Gasteiger partial charge in [0.15, 0.2) is 10.9 Å². The van der Waals surface area contributed by atoms with Gasteiger partial charge in [0, 0.05) is 26.0 Å². The summed E-state index contributed by atoms with van der Waals surface area (Å²) in [6, 6.07) is 6.99. The van der Waals surface area contributed by atoms with E-state index in [4.69, 9.17) is 0 Å². The number of pyridine rings is 2. The van der Waals surface area contributed by atoms with Crippen LogP contribution in [0.25, 0.3) is 11.0 Å². The summed E-state index contributed by atoms with van der Waals surface area (Å²) in [5, 5.41) is 13.9. The van der Waals surface area contributed by atoms with Gasteiger partial charge in [-0.15, -0.1) is 4.40 Å². The van der Waals surface area contributed by atoms with Crippen LogP contribution in [0.3, 0.4) is 0 Å². The molecule has 1 aliphatic rings. The smallest absolute Gasteiger partial charge is 0.286 e. The molecular weight excluding hydrogens is 546 g/mol. The summed E-state index contributed by atoms with van der Waals surface area (Å²) < 4.78 is 60.6. The highest BCUT2D eigenvalue weighted by Crippen LogP contribution is 2.34. The first-order valence-corrected chi connectivity index (χ1v) is 14.8. The van der Waals surface area contributed by atoms with Crippen molar-refractivity contribution in [1.29, 1.82) is 0 Å². The average molecular weight is 572 g/mol. The number of rotatable bonds is 7. The van der Waals surface area contributed by atoms with E-state index in [2.05, 4.69) is 24.4 Å². The standard InChI is InChI=1S/C24H25N7O6S2/c1-14(2)8-10-31-23-16(5-4-9-25-23)21(32)20(24(31)33)22-27-17-7-6-15(11-18(17)38(34,35)29-22)28-39(36,37)19-12-30(3)13-26-19/h4-7,9,11-14,28,32H,8,10H2,1-3H3,(H,27,29). The minimum atomic E-state index is -4.41. The van der Waals surface area contributed by atoms with Gasteiger partial charge in [-0.2, -0.15) is 16.8 Å². The van der Waals surface area contributed by atoms with Crippen LogP contribution in [0.15, 0.2) is 68.2 Å². The molecule has 4 heterocycles. The minimum absolute atomic E-state index is 0.0286. The molecule has 5 rings (SSSR count). The van der Waals surface area contributed by atoms with Crippen LogP contribution in [-0.2, 0) is 33.6 Å². The Morgan fingerprint density at radius 3 is 2.64 bits per heavy atom. The molecule has 0 radical (unpaired) electrons. The largest absolute Gasteiger partial charge is 0.506 e. The average Bonchev–Trinajstić information content (AvgIpc) is 3.31. The van der Waals surface area contributed by atoms with Gasteiger partial charge in [-0.25, -0.2) is 9.97 Å². The summed E-state index contributed by atoms with van der Waals surface area (Å²) in [7, 11) is -6.87. The minimum Gasteiger partial charge on any atom is -0.506 e. The van der Waals surface area contributed by atoms with Crippen molar-refractivity contribution in [1.82, 2.24) is 19.1 Å². The highest BCUT2D eigenvalue weighted by molar-refractivity contribution is 7.92. The zero-order valence-corrected chi connectivity index (χ0v) is 22.8. The lowest BCUT2D eigenvalue weighted by Crippen LogP contribution is -2.33. The first kappa shape index (κ1) is 26.4. The number of anilines is 2. The molecule has 0 saturated heterocycles. The second kappa shape index (κ2) is 9.50. The molecule has 39 heavy (non-hydrogen) atoms. The zero-order valence-electron chi connectivity index (χ0n) is 21.2. The third kappa shape index (κ3) is 4.85. The molecule has 0 saturated carbocycles. The van der Waals surface area contributed by atoms with Gasteiger partial charge in [0.25, 0.3) is 25.6 Å². The van der Waals surface area contributed by atoms with Gasteiger partial charge >= 0.3 is 0 Å². The number of sulfonamides is 2. The maximum atomic E-state index is 13.5. The van der Waals surface area contributed by atoms with Crippen LogP contribution in [-0.4, -0.2) is 46.9 Å². The fourth-order valence-electron chi connectivity index (χ4n) is 4.14. The number of aromatic nitrogens is 4. The number of hydrogen-bond donors (Lipinski definition) is 3. The van der Waals surface area contributed by atoms with Crippen LogP contribution in [0.4, 0.5) is 11.4 Å². The normalized spacial score (nSPS) is 14.6. The number of aryl methyl sites for hydroxylation is 2. The van der Waals surface area contributed by atoms with E-state index >= 15 is 0 Å². The predicted octanol–water partition coefficient (Wildman–Crippen LogP) is 2.24. The van der Waals surface area contributed by atoms with Crippen LogP contribution < -0.4 is 15.6 Å². The molecule has 0 aliphatic carbocycles. The number of nitrogens with zero attached hydrogens (tertiary/aromatic N) is 5. The molecule has 0 atom stereocenters.